The lowest BCUT2D eigenvalue weighted by molar-refractivity contribution is -0.151. The Morgan fingerprint density at radius 2 is 2.00 bits per heavy atom. The van der Waals surface area contributed by atoms with Crippen molar-refractivity contribution in [2.24, 2.45) is 5.92 Å². The van der Waals surface area contributed by atoms with Gasteiger partial charge in [0, 0.05) is 10.0 Å². The van der Waals surface area contributed by atoms with E-state index < -0.39 is 0 Å². The van der Waals surface area contributed by atoms with Gasteiger partial charge in [-0.05, 0) is 31.4 Å². The van der Waals surface area contributed by atoms with Crippen molar-refractivity contribution in [3.05, 3.63) is 22.2 Å². The second-order valence-corrected chi connectivity index (χ2v) is 6.77. The average molecular weight is 369 g/mol. The zero-order valence-electron chi connectivity index (χ0n) is 12.0. The third-order valence-corrected chi connectivity index (χ3v) is 5.23. The Balaban J connectivity index is 1.42. The molecule has 4 rings (SSSR count). The standard InChI is InChI=1S/C16H17BrO5/c17-12-7-15-14(19-3-4-20-15)5-9(12)8-21-16(18)11-6-10-1-2-13(11)22-10/h5,7,10-11,13H,1-4,6,8H2/t10-,11-,13-/m1/s1. The summed E-state index contributed by atoms with van der Waals surface area (Å²) in [6, 6.07) is 3.72. The van der Waals surface area contributed by atoms with Crippen molar-refractivity contribution in [1.29, 1.82) is 0 Å². The highest BCUT2D eigenvalue weighted by molar-refractivity contribution is 9.10. The Labute approximate surface area is 137 Å². The second-order valence-electron chi connectivity index (χ2n) is 5.91. The van der Waals surface area contributed by atoms with Crippen LogP contribution in [0.3, 0.4) is 0 Å². The molecule has 0 saturated carbocycles. The van der Waals surface area contributed by atoms with Crippen LogP contribution in [0.1, 0.15) is 24.8 Å². The van der Waals surface area contributed by atoms with Gasteiger partial charge >= 0.3 is 5.97 Å². The summed E-state index contributed by atoms with van der Waals surface area (Å²) in [5, 5.41) is 0. The zero-order chi connectivity index (χ0) is 15.1. The minimum atomic E-state index is -0.158. The minimum absolute atomic E-state index is 0.0567. The summed E-state index contributed by atoms with van der Waals surface area (Å²) in [6.07, 6.45) is 3.15. The molecule has 1 aromatic carbocycles. The number of benzene rings is 1. The van der Waals surface area contributed by atoms with Crippen molar-refractivity contribution in [3.8, 4) is 11.5 Å². The fraction of sp³-hybridized carbons (Fsp3) is 0.562. The number of fused-ring (bicyclic) bond motifs is 3. The summed E-state index contributed by atoms with van der Waals surface area (Å²) < 4.78 is 23.1. The topological polar surface area (TPSA) is 54.0 Å². The van der Waals surface area contributed by atoms with Crippen molar-refractivity contribution in [2.75, 3.05) is 13.2 Å². The summed E-state index contributed by atoms with van der Waals surface area (Å²) in [6.45, 7) is 1.32. The van der Waals surface area contributed by atoms with E-state index in [2.05, 4.69) is 15.9 Å². The molecule has 3 aliphatic heterocycles. The maximum Gasteiger partial charge on any atom is 0.312 e. The molecule has 5 nitrogen and oxygen atoms in total. The second kappa shape index (κ2) is 5.74. The van der Waals surface area contributed by atoms with Crippen LogP contribution in [0.25, 0.3) is 0 Å². The smallest absolute Gasteiger partial charge is 0.312 e. The number of hydrogen-bond donors (Lipinski definition) is 0. The van der Waals surface area contributed by atoms with E-state index >= 15 is 0 Å². The van der Waals surface area contributed by atoms with Crippen LogP contribution in [0.2, 0.25) is 0 Å². The summed E-state index contributed by atoms with van der Waals surface area (Å²) in [7, 11) is 0. The molecule has 0 unspecified atom stereocenters. The van der Waals surface area contributed by atoms with Crippen molar-refractivity contribution in [3.63, 3.8) is 0 Å². The van der Waals surface area contributed by atoms with Crippen LogP contribution < -0.4 is 9.47 Å². The van der Waals surface area contributed by atoms with Crippen molar-refractivity contribution < 1.29 is 23.7 Å². The van der Waals surface area contributed by atoms with Gasteiger partial charge < -0.3 is 18.9 Å². The molecule has 0 aliphatic carbocycles. The molecule has 6 heteroatoms. The molecule has 3 aliphatic rings. The number of hydrogen-bond acceptors (Lipinski definition) is 5. The van der Waals surface area contributed by atoms with Gasteiger partial charge in [-0.3, -0.25) is 4.79 Å². The fourth-order valence-corrected chi connectivity index (χ4v) is 3.80. The Morgan fingerprint density at radius 1 is 1.23 bits per heavy atom. The van der Waals surface area contributed by atoms with E-state index in [0.29, 0.717) is 19.0 Å². The Hall–Kier alpha value is -1.27. The number of carbonyl (C=O) groups excluding carboxylic acids is 1. The molecule has 2 bridgehead atoms. The quantitative estimate of drug-likeness (QED) is 0.767. The fourth-order valence-electron chi connectivity index (χ4n) is 3.36. The monoisotopic (exact) mass is 368 g/mol. The molecular weight excluding hydrogens is 352 g/mol. The Kier molecular flexibility index (Phi) is 3.74. The third kappa shape index (κ3) is 2.58. The number of ether oxygens (including phenoxy) is 4. The van der Waals surface area contributed by atoms with E-state index in [1.165, 1.54) is 0 Å². The maximum atomic E-state index is 12.2. The summed E-state index contributed by atoms with van der Waals surface area (Å²) in [4.78, 5) is 12.2. The van der Waals surface area contributed by atoms with Crippen LogP contribution in [0.4, 0.5) is 0 Å². The molecule has 2 fully saturated rings. The first kappa shape index (κ1) is 14.3. The average Bonchev–Trinajstić information content (AvgIpc) is 3.15. The van der Waals surface area contributed by atoms with Crippen LogP contribution in [-0.4, -0.2) is 31.4 Å². The molecular formula is C16H17BrO5. The highest BCUT2D eigenvalue weighted by atomic mass is 79.9. The maximum absolute atomic E-state index is 12.2. The summed E-state index contributed by atoms with van der Waals surface area (Å²) in [5.41, 5.74) is 0.877. The van der Waals surface area contributed by atoms with Crippen molar-refractivity contribution in [2.45, 2.75) is 38.1 Å². The lowest BCUT2D eigenvalue weighted by Gasteiger charge is -2.20. The van der Waals surface area contributed by atoms with E-state index in [-0.39, 0.29) is 30.7 Å². The molecule has 0 aromatic heterocycles. The first-order chi connectivity index (χ1) is 10.7. The Bertz CT molecular complexity index is 602. The van der Waals surface area contributed by atoms with Gasteiger partial charge in [-0.15, -0.1) is 0 Å². The van der Waals surface area contributed by atoms with E-state index in [0.717, 1.165) is 35.0 Å². The molecule has 1 aromatic rings. The van der Waals surface area contributed by atoms with Gasteiger partial charge in [0.05, 0.1) is 18.1 Å². The van der Waals surface area contributed by atoms with E-state index in [1.54, 1.807) is 0 Å². The summed E-state index contributed by atoms with van der Waals surface area (Å²) in [5.74, 6) is 1.15. The molecule has 22 heavy (non-hydrogen) atoms. The van der Waals surface area contributed by atoms with Gasteiger partial charge in [-0.2, -0.15) is 0 Å². The molecule has 3 heterocycles. The zero-order valence-corrected chi connectivity index (χ0v) is 13.6. The van der Waals surface area contributed by atoms with E-state index in [9.17, 15) is 4.79 Å². The van der Waals surface area contributed by atoms with Crippen LogP contribution >= 0.6 is 15.9 Å². The first-order valence-corrected chi connectivity index (χ1v) is 8.40. The van der Waals surface area contributed by atoms with Gasteiger partial charge in [-0.1, -0.05) is 15.9 Å². The molecule has 0 radical (unpaired) electrons. The van der Waals surface area contributed by atoms with Gasteiger partial charge in [-0.25, -0.2) is 0 Å². The predicted molar refractivity (Wildman–Crippen MR) is 80.9 cm³/mol. The van der Waals surface area contributed by atoms with Gasteiger partial charge in [0.15, 0.2) is 11.5 Å². The molecule has 0 amide bonds. The number of carbonyl (C=O) groups is 1. The van der Waals surface area contributed by atoms with Crippen LogP contribution in [0, 0.1) is 5.92 Å². The lowest BCUT2D eigenvalue weighted by atomic mass is 9.89. The molecule has 0 N–H and O–H groups in total. The highest BCUT2D eigenvalue weighted by Crippen LogP contribution is 2.40. The SMILES string of the molecule is O=C(OCc1cc2c(cc1Br)OCCO2)[C@@H]1C[C@H]2CC[C@H]1O2. The van der Waals surface area contributed by atoms with E-state index in [4.69, 9.17) is 18.9 Å². The molecule has 118 valence electrons. The van der Waals surface area contributed by atoms with E-state index in [1.807, 2.05) is 12.1 Å². The van der Waals surface area contributed by atoms with Crippen molar-refractivity contribution in [1.82, 2.24) is 0 Å². The van der Waals surface area contributed by atoms with Crippen molar-refractivity contribution >= 4 is 21.9 Å². The normalized spacial score (nSPS) is 28.7. The van der Waals surface area contributed by atoms with Gasteiger partial charge in [0.1, 0.15) is 19.8 Å². The Morgan fingerprint density at radius 3 is 2.68 bits per heavy atom. The predicted octanol–water partition coefficient (Wildman–Crippen LogP) is 2.83. The largest absolute Gasteiger partial charge is 0.486 e. The number of rotatable bonds is 3. The molecule has 3 atom stereocenters. The van der Waals surface area contributed by atoms with Crippen LogP contribution in [-0.2, 0) is 20.9 Å². The lowest BCUT2D eigenvalue weighted by Crippen LogP contribution is -2.27. The number of halogens is 1. The first-order valence-electron chi connectivity index (χ1n) is 7.61. The van der Waals surface area contributed by atoms with Crippen LogP contribution in [0.15, 0.2) is 16.6 Å². The summed E-state index contributed by atoms with van der Waals surface area (Å²) >= 11 is 3.49. The number of esters is 1. The van der Waals surface area contributed by atoms with Gasteiger partial charge in [0.25, 0.3) is 0 Å². The van der Waals surface area contributed by atoms with Crippen LogP contribution in [0.5, 0.6) is 11.5 Å². The minimum Gasteiger partial charge on any atom is -0.486 e. The molecule has 0 spiro atoms. The highest BCUT2D eigenvalue weighted by Gasteiger charge is 2.45. The molecule has 2 saturated heterocycles. The third-order valence-electron chi connectivity index (χ3n) is 4.49. The van der Waals surface area contributed by atoms with Gasteiger partial charge in [0.2, 0.25) is 0 Å².